The zero-order valence-electron chi connectivity index (χ0n) is 14.4. The fourth-order valence-electron chi connectivity index (χ4n) is 3.99. The molecule has 1 saturated carbocycles. The Balaban J connectivity index is 1.50. The first kappa shape index (κ1) is 18.6. The van der Waals surface area contributed by atoms with Gasteiger partial charge in [-0.1, -0.05) is 68.3 Å². The van der Waals surface area contributed by atoms with Crippen molar-refractivity contribution >= 4 is 66.0 Å². The molecule has 4 atom stereocenters. The van der Waals surface area contributed by atoms with E-state index in [1.165, 1.54) is 0 Å². The Labute approximate surface area is 173 Å². The van der Waals surface area contributed by atoms with Crippen molar-refractivity contribution in [2.45, 2.75) is 22.5 Å². The van der Waals surface area contributed by atoms with Gasteiger partial charge in [0.15, 0.2) is 0 Å². The fraction of sp³-hybridized carbons (Fsp3) is 0.350. The minimum Gasteiger partial charge on any atom is -0.324 e. The predicted molar refractivity (Wildman–Crippen MR) is 111 cm³/mol. The number of likely N-dealkylation sites (tertiary alicyclic amines) is 1. The molecule has 0 unspecified atom stereocenters. The summed E-state index contributed by atoms with van der Waals surface area (Å²) in [6.07, 6.45) is 1.21. The van der Waals surface area contributed by atoms with Crippen molar-refractivity contribution in [3.05, 3.63) is 42.5 Å². The SMILES string of the molecule is O=C(CN1C(=O)[C@@H]2C[C@H](Br)[C@@H](Br)C[C@H]2C1=O)Nc1cccc2ccccc12. The van der Waals surface area contributed by atoms with Crippen LogP contribution in [0.15, 0.2) is 42.5 Å². The summed E-state index contributed by atoms with van der Waals surface area (Å²) in [7, 11) is 0. The number of anilines is 1. The van der Waals surface area contributed by atoms with Gasteiger partial charge in [0, 0.05) is 20.7 Å². The summed E-state index contributed by atoms with van der Waals surface area (Å²) in [5.74, 6) is -1.50. The number of fused-ring (bicyclic) bond motifs is 2. The van der Waals surface area contributed by atoms with Gasteiger partial charge in [-0.2, -0.15) is 0 Å². The van der Waals surface area contributed by atoms with Crippen LogP contribution in [-0.2, 0) is 14.4 Å². The van der Waals surface area contributed by atoms with E-state index < -0.39 is 0 Å². The number of benzene rings is 2. The second kappa shape index (κ2) is 7.36. The van der Waals surface area contributed by atoms with E-state index in [2.05, 4.69) is 37.2 Å². The second-order valence-corrected chi connectivity index (χ2v) is 9.41. The van der Waals surface area contributed by atoms with Crippen molar-refractivity contribution in [3.8, 4) is 0 Å². The third-order valence-corrected chi connectivity index (χ3v) is 8.10. The molecule has 1 aliphatic heterocycles. The molecule has 2 aromatic carbocycles. The summed E-state index contributed by atoms with van der Waals surface area (Å²) in [5.41, 5.74) is 0.677. The lowest BCUT2D eigenvalue weighted by molar-refractivity contribution is -0.142. The van der Waals surface area contributed by atoms with Gasteiger partial charge in [-0.25, -0.2) is 0 Å². The van der Waals surface area contributed by atoms with Gasteiger partial charge in [0.05, 0.1) is 11.8 Å². The standard InChI is InChI=1S/C20H18Br2N2O3/c21-15-8-13-14(9-16(15)22)20(27)24(19(13)26)10-18(25)23-17-7-3-5-11-4-1-2-6-12(11)17/h1-7,13-16H,8-10H2,(H,23,25)/t13-,14-,15+,16+/m1/s1. The molecule has 0 aromatic heterocycles. The molecule has 27 heavy (non-hydrogen) atoms. The quantitative estimate of drug-likeness (QED) is 0.523. The van der Waals surface area contributed by atoms with Gasteiger partial charge in [-0.3, -0.25) is 19.3 Å². The highest BCUT2D eigenvalue weighted by molar-refractivity contribution is 9.12. The van der Waals surface area contributed by atoms with E-state index >= 15 is 0 Å². The molecule has 5 nitrogen and oxygen atoms in total. The van der Waals surface area contributed by atoms with E-state index in [0.717, 1.165) is 15.7 Å². The first-order valence-corrected chi connectivity index (χ1v) is 10.7. The number of nitrogens with one attached hydrogen (secondary N) is 1. The summed E-state index contributed by atoms with van der Waals surface area (Å²) in [6, 6.07) is 13.4. The van der Waals surface area contributed by atoms with Crippen LogP contribution in [0.5, 0.6) is 0 Å². The molecule has 2 aliphatic rings. The molecule has 140 valence electrons. The molecule has 1 heterocycles. The maximum Gasteiger partial charge on any atom is 0.244 e. The zero-order valence-corrected chi connectivity index (χ0v) is 17.6. The third-order valence-electron chi connectivity index (χ3n) is 5.37. The molecule has 1 N–H and O–H groups in total. The van der Waals surface area contributed by atoms with Gasteiger partial charge in [0.1, 0.15) is 6.54 Å². The van der Waals surface area contributed by atoms with Crippen molar-refractivity contribution in [2.75, 3.05) is 11.9 Å². The molecule has 4 rings (SSSR count). The summed E-state index contributed by atoms with van der Waals surface area (Å²) < 4.78 is 0. The number of rotatable bonds is 3. The van der Waals surface area contributed by atoms with Gasteiger partial charge < -0.3 is 5.32 Å². The lowest BCUT2D eigenvalue weighted by atomic mass is 9.81. The average molecular weight is 494 g/mol. The molecule has 2 fully saturated rings. The van der Waals surface area contributed by atoms with E-state index in [1.54, 1.807) is 0 Å². The fourth-order valence-corrected chi connectivity index (χ4v) is 5.22. The summed E-state index contributed by atoms with van der Waals surface area (Å²) in [6.45, 7) is -0.242. The van der Waals surface area contributed by atoms with Crippen molar-refractivity contribution in [3.63, 3.8) is 0 Å². The zero-order chi connectivity index (χ0) is 19.1. The van der Waals surface area contributed by atoms with E-state index in [0.29, 0.717) is 18.5 Å². The average Bonchev–Trinajstić information content (AvgIpc) is 2.87. The minimum absolute atomic E-state index is 0.153. The first-order valence-electron chi connectivity index (χ1n) is 8.86. The summed E-state index contributed by atoms with van der Waals surface area (Å²) >= 11 is 7.13. The number of nitrogens with zero attached hydrogens (tertiary/aromatic N) is 1. The van der Waals surface area contributed by atoms with Gasteiger partial charge in [-0.15, -0.1) is 0 Å². The van der Waals surface area contributed by atoms with Crippen LogP contribution in [0.4, 0.5) is 5.69 Å². The Morgan fingerprint density at radius 1 is 0.963 bits per heavy atom. The van der Waals surface area contributed by atoms with Crippen LogP contribution in [0.3, 0.4) is 0 Å². The largest absolute Gasteiger partial charge is 0.324 e. The minimum atomic E-state index is -0.363. The maximum atomic E-state index is 12.7. The van der Waals surface area contributed by atoms with E-state index in [-0.39, 0.29) is 45.8 Å². The number of carbonyl (C=O) groups is 3. The van der Waals surface area contributed by atoms with Gasteiger partial charge in [0.2, 0.25) is 17.7 Å². The summed E-state index contributed by atoms with van der Waals surface area (Å²) in [4.78, 5) is 39.4. The molecule has 2 aromatic rings. The number of halogens is 2. The number of hydrogen-bond acceptors (Lipinski definition) is 3. The molecule has 0 bridgehead atoms. The van der Waals surface area contributed by atoms with E-state index in [4.69, 9.17) is 0 Å². The first-order chi connectivity index (χ1) is 13.0. The van der Waals surface area contributed by atoms with Crippen molar-refractivity contribution in [2.24, 2.45) is 11.8 Å². The summed E-state index contributed by atoms with van der Waals surface area (Å²) in [5, 5.41) is 4.79. The monoisotopic (exact) mass is 492 g/mol. The van der Waals surface area contributed by atoms with Crippen LogP contribution >= 0.6 is 31.9 Å². The van der Waals surface area contributed by atoms with Crippen molar-refractivity contribution < 1.29 is 14.4 Å². The van der Waals surface area contributed by atoms with Crippen LogP contribution in [0, 0.1) is 11.8 Å². The Hall–Kier alpha value is -1.73. The van der Waals surface area contributed by atoms with E-state index in [9.17, 15) is 14.4 Å². The van der Waals surface area contributed by atoms with Crippen LogP contribution in [0.25, 0.3) is 10.8 Å². The molecule has 1 saturated heterocycles. The molecule has 7 heteroatoms. The highest BCUT2D eigenvalue weighted by Crippen LogP contribution is 2.43. The smallest absolute Gasteiger partial charge is 0.244 e. The second-order valence-electron chi connectivity index (χ2n) is 7.05. The van der Waals surface area contributed by atoms with Crippen molar-refractivity contribution in [1.29, 1.82) is 0 Å². The van der Waals surface area contributed by atoms with Gasteiger partial charge in [-0.05, 0) is 24.3 Å². The number of imide groups is 1. The maximum absolute atomic E-state index is 12.7. The van der Waals surface area contributed by atoms with Crippen molar-refractivity contribution in [1.82, 2.24) is 4.90 Å². The highest BCUT2D eigenvalue weighted by atomic mass is 79.9. The Morgan fingerprint density at radius 3 is 2.22 bits per heavy atom. The van der Waals surface area contributed by atoms with Gasteiger partial charge in [0.25, 0.3) is 0 Å². The number of alkyl halides is 2. The Bertz CT molecular complexity index is 899. The molecule has 0 spiro atoms. The van der Waals surface area contributed by atoms with Crippen LogP contribution in [-0.4, -0.2) is 38.8 Å². The number of carbonyl (C=O) groups excluding carboxylic acids is 3. The molecule has 1 aliphatic carbocycles. The van der Waals surface area contributed by atoms with E-state index in [1.807, 2.05) is 42.5 Å². The molecular weight excluding hydrogens is 476 g/mol. The predicted octanol–water partition coefficient (Wildman–Crippen LogP) is 3.70. The third kappa shape index (κ3) is 3.43. The normalized spacial score (nSPS) is 27.7. The van der Waals surface area contributed by atoms with Crippen LogP contribution in [0.1, 0.15) is 12.8 Å². The topological polar surface area (TPSA) is 66.5 Å². The lowest BCUT2D eigenvalue weighted by Crippen LogP contribution is -2.38. The number of hydrogen-bond donors (Lipinski definition) is 1. The van der Waals surface area contributed by atoms with Gasteiger partial charge >= 0.3 is 0 Å². The van der Waals surface area contributed by atoms with Crippen LogP contribution < -0.4 is 5.32 Å². The van der Waals surface area contributed by atoms with Crippen LogP contribution in [0.2, 0.25) is 0 Å². The Kier molecular flexibility index (Phi) is 5.07. The highest BCUT2D eigenvalue weighted by Gasteiger charge is 2.52. The molecule has 0 radical (unpaired) electrons. The molecule has 3 amide bonds. The lowest BCUT2D eigenvalue weighted by Gasteiger charge is -2.29. The Morgan fingerprint density at radius 2 is 1.56 bits per heavy atom. The number of amides is 3. The molecular formula is C20H18Br2N2O3.